The monoisotopic (exact) mass is 144 g/mol. The largest absolute Gasteiger partial charge is 0.412 e. The van der Waals surface area contributed by atoms with Crippen molar-refractivity contribution in [1.29, 1.82) is 0 Å². The normalized spacial score (nSPS) is 8.60. The predicted molar refractivity (Wildman–Crippen MR) is 49.2 cm³/mol. The number of rotatable bonds is 2. The van der Waals surface area contributed by atoms with Gasteiger partial charge in [0.2, 0.25) is 0 Å². The van der Waals surface area contributed by atoms with E-state index in [9.17, 15) is 0 Å². The summed E-state index contributed by atoms with van der Waals surface area (Å²) in [6, 6.07) is 0. The summed E-state index contributed by atoms with van der Waals surface area (Å²) in [5, 5.41) is 0. The fraction of sp³-hybridized carbons (Fsp3) is 0.556. The van der Waals surface area contributed by atoms with Gasteiger partial charge in [-0.05, 0) is 13.3 Å². The maximum atomic E-state index is 3.63. The van der Waals surface area contributed by atoms with E-state index in [2.05, 4.69) is 19.6 Å². The van der Waals surface area contributed by atoms with E-state index in [0.29, 0.717) is 0 Å². The van der Waals surface area contributed by atoms with Crippen LogP contribution in [0.2, 0.25) is 0 Å². The Hall–Kier alpha value is -0.560. The van der Waals surface area contributed by atoms with Crippen molar-refractivity contribution in [3.63, 3.8) is 0 Å². The molecule has 0 heterocycles. The van der Waals surface area contributed by atoms with Crippen LogP contribution in [0.1, 0.15) is 34.1 Å². The van der Waals surface area contributed by atoms with Gasteiger partial charge in [-0.2, -0.15) is 0 Å². The Morgan fingerprint density at radius 1 is 1.40 bits per heavy atom. The second kappa shape index (κ2) is 15.8. The first-order valence-corrected chi connectivity index (χ1v) is 3.62. The standard InChI is InChI=1S/C7H12.C2H6.H2O/c1-4-7(5-2)6-3;1-2;/h4-5H,1,6H2,2-3H3;1-2H3;1H2/b7-5+;;. The summed E-state index contributed by atoms with van der Waals surface area (Å²) >= 11 is 0. The van der Waals surface area contributed by atoms with Crippen molar-refractivity contribution in [2.45, 2.75) is 34.1 Å². The predicted octanol–water partition coefficient (Wildman–Crippen LogP) is 2.73. The van der Waals surface area contributed by atoms with Crippen molar-refractivity contribution in [2.75, 3.05) is 0 Å². The number of hydrogen-bond donors (Lipinski definition) is 0. The zero-order chi connectivity index (χ0) is 7.70. The van der Waals surface area contributed by atoms with E-state index in [1.165, 1.54) is 5.57 Å². The van der Waals surface area contributed by atoms with Gasteiger partial charge >= 0.3 is 0 Å². The molecule has 0 aromatic rings. The van der Waals surface area contributed by atoms with Gasteiger partial charge < -0.3 is 5.48 Å². The van der Waals surface area contributed by atoms with Crippen molar-refractivity contribution in [1.82, 2.24) is 0 Å². The molecule has 0 aliphatic heterocycles. The third-order valence-corrected chi connectivity index (χ3v) is 1.04. The zero-order valence-electron chi connectivity index (χ0n) is 7.57. The van der Waals surface area contributed by atoms with E-state index >= 15 is 0 Å². The van der Waals surface area contributed by atoms with E-state index in [0.717, 1.165) is 6.42 Å². The average Bonchev–Trinajstić information content (AvgIpc) is 1.96. The summed E-state index contributed by atoms with van der Waals surface area (Å²) in [7, 11) is 0. The highest BCUT2D eigenvalue weighted by Gasteiger charge is 1.77. The van der Waals surface area contributed by atoms with Crippen LogP contribution in [0.25, 0.3) is 0 Å². The molecular formula is C9H20O. The van der Waals surface area contributed by atoms with Gasteiger partial charge in [-0.15, -0.1) is 0 Å². The highest BCUT2D eigenvalue weighted by molar-refractivity contribution is 5.13. The van der Waals surface area contributed by atoms with E-state index < -0.39 is 0 Å². The highest BCUT2D eigenvalue weighted by atomic mass is 16.0. The zero-order valence-corrected chi connectivity index (χ0v) is 7.57. The summed E-state index contributed by atoms with van der Waals surface area (Å²) in [4.78, 5) is 0. The van der Waals surface area contributed by atoms with Gasteiger partial charge in [0.25, 0.3) is 0 Å². The molecule has 0 bridgehead atoms. The van der Waals surface area contributed by atoms with Gasteiger partial charge in [0.1, 0.15) is 0 Å². The topological polar surface area (TPSA) is 31.5 Å². The van der Waals surface area contributed by atoms with Gasteiger partial charge in [-0.1, -0.05) is 45.1 Å². The molecule has 0 radical (unpaired) electrons. The van der Waals surface area contributed by atoms with Crippen LogP contribution in [0.15, 0.2) is 24.3 Å². The van der Waals surface area contributed by atoms with E-state index in [1.807, 2.05) is 26.8 Å². The molecule has 1 nitrogen and oxygen atoms in total. The summed E-state index contributed by atoms with van der Waals surface area (Å²) in [5.74, 6) is 0. The van der Waals surface area contributed by atoms with E-state index in [1.54, 1.807) is 0 Å². The SMILES string of the molecule is C=C/C(=C\C)CC.CC.O. The molecule has 1 heteroatoms. The quantitative estimate of drug-likeness (QED) is 0.534. The molecule has 0 atom stereocenters. The molecule has 0 spiro atoms. The Kier molecular flexibility index (Phi) is 25.6. The Labute approximate surface area is 64.8 Å². The average molecular weight is 144 g/mol. The Balaban J connectivity index is -0.000000149. The molecule has 0 rings (SSSR count). The minimum absolute atomic E-state index is 0. The minimum atomic E-state index is 0. The van der Waals surface area contributed by atoms with Crippen LogP contribution in [0, 0.1) is 0 Å². The van der Waals surface area contributed by atoms with E-state index in [4.69, 9.17) is 0 Å². The first kappa shape index (κ1) is 16.2. The molecule has 0 aromatic heterocycles. The van der Waals surface area contributed by atoms with Crippen LogP contribution in [-0.2, 0) is 0 Å². The maximum absolute atomic E-state index is 3.63. The summed E-state index contributed by atoms with van der Waals surface area (Å²) in [6.45, 7) is 11.8. The van der Waals surface area contributed by atoms with Crippen LogP contribution >= 0.6 is 0 Å². The third kappa shape index (κ3) is 10.4. The van der Waals surface area contributed by atoms with Crippen molar-refractivity contribution in [3.8, 4) is 0 Å². The second-order valence-electron chi connectivity index (χ2n) is 1.42. The van der Waals surface area contributed by atoms with Crippen molar-refractivity contribution in [2.24, 2.45) is 0 Å². The molecule has 0 aliphatic carbocycles. The molecule has 0 unspecified atom stereocenters. The number of hydrogen-bond acceptors (Lipinski definition) is 0. The summed E-state index contributed by atoms with van der Waals surface area (Å²) < 4.78 is 0. The minimum Gasteiger partial charge on any atom is -0.412 e. The molecule has 0 fully saturated rings. The molecule has 62 valence electrons. The second-order valence-corrected chi connectivity index (χ2v) is 1.42. The van der Waals surface area contributed by atoms with Gasteiger partial charge in [-0.25, -0.2) is 0 Å². The molecule has 0 aromatic carbocycles. The fourth-order valence-electron chi connectivity index (χ4n) is 0.466. The lowest BCUT2D eigenvalue weighted by Gasteiger charge is -1.88. The molecule has 0 aliphatic rings. The molecular weight excluding hydrogens is 124 g/mol. The Morgan fingerprint density at radius 3 is 1.80 bits per heavy atom. The van der Waals surface area contributed by atoms with E-state index in [-0.39, 0.29) is 5.48 Å². The van der Waals surface area contributed by atoms with Crippen molar-refractivity contribution < 1.29 is 5.48 Å². The van der Waals surface area contributed by atoms with Crippen LogP contribution in [0.3, 0.4) is 0 Å². The third-order valence-electron chi connectivity index (χ3n) is 1.04. The Bertz CT molecular complexity index is 82.7. The van der Waals surface area contributed by atoms with Crippen LogP contribution < -0.4 is 0 Å². The van der Waals surface area contributed by atoms with Crippen molar-refractivity contribution >= 4 is 0 Å². The number of allylic oxidation sites excluding steroid dienone is 3. The fourth-order valence-corrected chi connectivity index (χ4v) is 0.466. The van der Waals surface area contributed by atoms with Gasteiger partial charge in [-0.3, -0.25) is 0 Å². The van der Waals surface area contributed by atoms with Crippen molar-refractivity contribution in [3.05, 3.63) is 24.3 Å². The van der Waals surface area contributed by atoms with Gasteiger partial charge in [0, 0.05) is 0 Å². The van der Waals surface area contributed by atoms with Gasteiger partial charge in [0.05, 0.1) is 0 Å². The lowest BCUT2D eigenvalue weighted by atomic mass is 10.2. The lowest BCUT2D eigenvalue weighted by molar-refractivity contribution is 0.824. The molecule has 0 saturated carbocycles. The molecule has 10 heavy (non-hydrogen) atoms. The maximum Gasteiger partial charge on any atom is -0.0311 e. The van der Waals surface area contributed by atoms with Gasteiger partial charge in [0.15, 0.2) is 0 Å². The summed E-state index contributed by atoms with van der Waals surface area (Å²) in [5.41, 5.74) is 1.32. The van der Waals surface area contributed by atoms with Crippen LogP contribution in [-0.4, -0.2) is 5.48 Å². The first-order chi connectivity index (χ1) is 4.35. The molecule has 0 amide bonds. The first-order valence-electron chi connectivity index (χ1n) is 3.62. The Morgan fingerprint density at radius 2 is 1.80 bits per heavy atom. The van der Waals surface area contributed by atoms with Crippen LogP contribution in [0.5, 0.6) is 0 Å². The molecule has 0 saturated heterocycles. The lowest BCUT2D eigenvalue weighted by Crippen LogP contribution is -1.67. The smallest absolute Gasteiger partial charge is 0.0311 e. The molecule has 2 N–H and O–H groups in total. The van der Waals surface area contributed by atoms with Crippen LogP contribution in [0.4, 0.5) is 0 Å². The highest BCUT2D eigenvalue weighted by Crippen LogP contribution is 1.98. The summed E-state index contributed by atoms with van der Waals surface area (Å²) in [6.07, 6.45) is 5.06.